The lowest BCUT2D eigenvalue weighted by atomic mass is 9.90. The van der Waals surface area contributed by atoms with Gasteiger partial charge in [0.05, 0.1) is 0 Å². The van der Waals surface area contributed by atoms with Crippen molar-refractivity contribution < 1.29 is 4.79 Å². The van der Waals surface area contributed by atoms with Crippen molar-refractivity contribution in [2.45, 2.75) is 38.5 Å². The van der Waals surface area contributed by atoms with E-state index >= 15 is 0 Å². The van der Waals surface area contributed by atoms with Crippen LogP contribution in [0.1, 0.15) is 48.2 Å². The molecule has 2 aliphatic heterocycles. The second-order valence-corrected chi connectivity index (χ2v) is 7.73. The number of anilines is 1. The molecule has 3 heterocycles. The number of hydrogen-bond donors (Lipinski definition) is 0. The first-order valence-corrected chi connectivity index (χ1v) is 10.2. The molecule has 4 rings (SSSR count). The van der Waals surface area contributed by atoms with E-state index in [9.17, 15) is 4.79 Å². The van der Waals surface area contributed by atoms with Crippen molar-refractivity contribution in [2.24, 2.45) is 5.92 Å². The summed E-state index contributed by atoms with van der Waals surface area (Å²) in [4.78, 5) is 25.8. The summed E-state index contributed by atoms with van der Waals surface area (Å²) in [6, 6.07) is 12.5. The summed E-state index contributed by atoms with van der Waals surface area (Å²) in [6.45, 7) is 3.68. The van der Waals surface area contributed by atoms with Gasteiger partial charge >= 0.3 is 0 Å². The van der Waals surface area contributed by atoms with Gasteiger partial charge in [0.2, 0.25) is 0 Å². The van der Waals surface area contributed by atoms with E-state index in [-0.39, 0.29) is 5.91 Å². The number of aromatic nitrogens is 2. The molecule has 5 heteroatoms. The van der Waals surface area contributed by atoms with E-state index in [4.69, 9.17) is 0 Å². The molecular formula is C22H28N4O. The number of rotatable bonds is 4. The van der Waals surface area contributed by atoms with E-state index in [1.54, 1.807) is 6.33 Å². The van der Waals surface area contributed by atoms with Gasteiger partial charge < -0.3 is 9.80 Å². The summed E-state index contributed by atoms with van der Waals surface area (Å²) in [5.74, 6) is 1.60. The van der Waals surface area contributed by atoms with Crippen LogP contribution in [-0.2, 0) is 6.42 Å². The Morgan fingerprint density at radius 3 is 2.44 bits per heavy atom. The molecule has 1 aromatic heterocycles. The highest BCUT2D eigenvalue weighted by molar-refractivity contribution is 5.93. The van der Waals surface area contributed by atoms with Gasteiger partial charge in [0, 0.05) is 32.2 Å². The smallest absolute Gasteiger partial charge is 0.272 e. The van der Waals surface area contributed by atoms with Crippen LogP contribution in [0.4, 0.5) is 5.82 Å². The van der Waals surface area contributed by atoms with Gasteiger partial charge in [0.1, 0.15) is 17.8 Å². The van der Waals surface area contributed by atoms with Gasteiger partial charge in [-0.2, -0.15) is 0 Å². The van der Waals surface area contributed by atoms with Crippen LogP contribution in [0, 0.1) is 5.92 Å². The van der Waals surface area contributed by atoms with Gasteiger partial charge in [-0.1, -0.05) is 30.3 Å². The second-order valence-electron chi connectivity index (χ2n) is 7.73. The second kappa shape index (κ2) is 8.51. The normalized spacial score (nSPS) is 18.5. The van der Waals surface area contributed by atoms with Crippen LogP contribution >= 0.6 is 0 Å². The van der Waals surface area contributed by atoms with Crippen molar-refractivity contribution >= 4 is 11.7 Å². The molecule has 2 aromatic rings. The van der Waals surface area contributed by atoms with Crippen LogP contribution < -0.4 is 4.90 Å². The molecule has 27 heavy (non-hydrogen) atoms. The number of benzene rings is 1. The maximum Gasteiger partial charge on any atom is 0.272 e. The van der Waals surface area contributed by atoms with Gasteiger partial charge in [-0.3, -0.25) is 4.79 Å². The third kappa shape index (κ3) is 4.46. The highest BCUT2D eigenvalue weighted by atomic mass is 16.2. The Morgan fingerprint density at radius 2 is 1.70 bits per heavy atom. The van der Waals surface area contributed by atoms with Crippen LogP contribution in [0.2, 0.25) is 0 Å². The molecule has 5 nitrogen and oxygen atoms in total. The molecule has 142 valence electrons. The molecule has 0 N–H and O–H groups in total. The molecule has 0 aliphatic carbocycles. The Labute approximate surface area is 161 Å². The average molecular weight is 364 g/mol. The number of carbonyl (C=O) groups excluding carboxylic acids is 1. The summed E-state index contributed by atoms with van der Waals surface area (Å²) >= 11 is 0. The Bertz CT molecular complexity index is 750. The van der Waals surface area contributed by atoms with E-state index in [0.717, 1.165) is 51.3 Å². The van der Waals surface area contributed by atoms with Gasteiger partial charge in [0.15, 0.2) is 0 Å². The van der Waals surface area contributed by atoms with Crippen molar-refractivity contribution in [3.63, 3.8) is 0 Å². The van der Waals surface area contributed by atoms with E-state index in [1.165, 1.54) is 24.8 Å². The van der Waals surface area contributed by atoms with Crippen molar-refractivity contribution in [1.29, 1.82) is 0 Å². The predicted molar refractivity (Wildman–Crippen MR) is 107 cm³/mol. The fourth-order valence-corrected chi connectivity index (χ4v) is 4.21. The number of amides is 1. The topological polar surface area (TPSA) is 49.3 Å². The Kier molecular flexibility index (Phi) is 5.66. The minimum atomic E-state index is 0.0498. The lowest BCUT2D eigenvalue weighted by Gasteiger charge is -2.32. The number of likely N-dealkylation sites (tertiary alicyclic amines) is 1. The van der Waals surface area contributed by atoms with Crippen molar-refractivity contribution in [1.82, 2.24) is 14.9 Å². The molecule has 0 radical (unpaired) electrons. The Morgan fingerprint density at radius 1 is 0.963 bits per heavy atom. The Balaban J connectivity index is 1.35. The standard InChI is InChI=1S/C22H28N4O/c27-22(20-16-21(24-17-23-20)25-11-5-2-6-12-25)26-13-9-19(10-14-26)15-18-7-3-1-4-8-18/h1,3-4,7-8,16-17,19H,2,5-6,9-15H2. The molecule has 0 saturated carbocycles. The lowest BCUT2D eigenvalue weighted by molar-refractivity contribution is 0.0684. The van der Waals surface area contributed by atoms with E-state index in [2.05, 4.69) is 45.2 Å². The monoisotopic (exact) mass is 364 g/mol. The van der Waals surface area contributed by atoms with Crippen LogP contribution in [0.25, 0.3) is 0 Å². The molecule has 2 aliphatic rings. The molecule has 1 aromatic carbocycles. The van der Waals surface area contributed by atoms with Crippen LogP contribution in [0.5, 0.6) is 0 Å². The maximum absolute atomic E-state index is 12.9. The molecule has 0 bridgehead atoms. The zero-order valence-electron chi connectivity index (χ0n) is 15.9. The van der Waals surface area contributed by atoms with Crippen molar-refractivity contribution in [3.05, 3.63) is 54.0 Å². The van der Waals surface area contributed by atoms with Crippen LogP contribution in [-0.4, -0.2) is 47.0 Å². The third-order valence-electron chi connectivity index (χ3n) is 5.82. The highest BCUT2D eigenvalue weighted by Crippen LogP contribution is 2.23. The number of nitrogens with zero attached hydrogens (tertiary/aromatic N) is 4. The van der Waals surface area contributed by atoms with E-state index < -0.39 is 0 Å². The first kappa shape index (κ1) is 18.0. The zero-order valence-corrected chi connectivity index (χ0v) is 15.9. The lowest BCUT2D eigenvalue weighted by Crippen LogP contribution is -2.39. The first-order chi connectivity index (χ1) is 13.3. The molecular weight excluding hydrogens is 336 g/mol. The minimum absolute atomic E-state index is 0.0498. The van der Waals surface area contributed by atoms with Gasteiger partial charge in [-0.25, -0.2) is 9.97 Å². The third-order valence-corrected chi connectivity index (χ3v) is 5.82. The zero-order chi connectivity index (χ0) is 18.5. The van der Waals surface area contributed by atoms with Gasteiger partial charge in [-0.15, -0.1) is 0 Å². The fourth-order valence-electron chi connectivity index (χ4n) is 4.21. The van der Waals surface area contributed by atoms with Crippen molar-refractivity contribution in [3.8, 4) is 0 Å². The predicted octanol–water partition coefficient (Wildman–Crippen LogP) is 3.56. The first-order valence-electron chi connectivity index (χ1n) is 10.2. The highest BCUT2D eigenvalue weighted by Gasteiger charge is 2.25. The van der Waals surface area contributed by atoms with Crippen LogP contribution in [0.3, 0.4) is 0 Å². The molecule has 0 unspecified atom stereocenters. The largest absolute Gasteiger partial charge is 0.357 e. The molecule has 2 saturated heterocycles. The summed E-state index contributed by atoms with van der Waals surface area (Å²) in [6.07, 6.45) is 8.44. The van der Waals surface area contributed by atoms with E-state index in [1.807, 2.05) is 11.0 Å². The number of carbonyl (C=O) groups is 1. The summed E-state index contributed by atoms with van der Waals surface area (Å²) in [5.41, 5.74) is 1.93. The van der Waals surface area contributed by atoms with Gasteiger partial charge in [-0.05, 0) is 50.0 Å². The van der Waals surface area contributed by atoms with Gasteiger partial charge in [0.25, 0.3) is 5.91 Å². The number of piperidine rings is 2. The SMILES string of the molecule is O=C(c1cc(N2CCCCC2)ncn1)N1CCC(Cc2ccccc2)CC1. The minimum Gasteiger partial charge on any atom is -0.357 e. The Hall–Kier alpha value is -2.43. The summed E-state index contributed by atoms with van der Waals surface area (Å²) < 4.78 is 0. The summed E-state index contributed by atoms with van der Waals surface area (Å²) in [7, 11) is 0. The maximum atomic E-state index is 12.9. The molecule has 0 spiro atoms. The van der Waals surface area contributed by atoms with Crippen molar-refractivity contribution in [2.75, 3.05) is 31.1 Å². The van der Waals surface area contributed by atoms with E-state index in [0.29, 0.717) is 11.6 Å². The summed E-state index contributed by atoms with van der Waals surface area (Å²) in [5, 5.41) is 0. The fraction of sp³-hybridized carbons (Fsp3) is 0.500. The average Bonchev–Trinajstić information content (AvgIpc) is 2.75. The van der Waals surface area contributed by atoms with Crippen LogP contribution in [0.15, 0.2) is 42.7 Å². The molecule has 2 fully saturated rings. The quantitative estimate of drug-likeness (QED) is 0.832. The molecule has 1 amide bonds. The number of hydrogen-bond acceptors (Lipinski definition) is 4. The molecule has 0 atom stereocenters.